The molecule has 16 heavy (non-hydrogen) atoms. The average molecular weight is 223 g/mol. The molecule has 0 aliphatic heterocycles. The molecule has 0 bridgehead atoms. The molecular formula is C12H21N3O. The minimum atomic E-state index is 0.122. The van der Waals surface area contributed by atoms with E-state index in [1.54, 1.807) is 0 Å². The zero-order valence-corrected chi connectivity index (χ0v) is 10.4. The summed E-state index contributed by atoms with van der Waals surface area (Å²) < 4.78 is 5.83. The van der Waals surface area contributed by atoms with Crippen molar-refractivity contribution < 1.29 is 4.42 Å². The Morgan fingerprint density at radius 2 is 2.06 bits per heavy atom. The maximum absolute atomic E-state index is 5.83. The van der Waals surface area contributed by atoms with E-state index in [0.717, 1.165) is 18.2 Å². The van der Waals surface area contributed by atoms with Gasteiger partial charge < -0.3 is 9.73 Å². The van der Waals surface area contributed by atoms with Crippen LogP contribution in [0.2, 0.25) is 0 Å². The molecule has 0 saturated heterocycles. The van der Waals surface area contributed by atoms with E-state index in [-0.39, 0.29) is 11.5 Å². The van der Waals surface area contributed by atoms with Gasteiger partial charge in [0.1, 0.15) is 0 Å². The van der Waals surface area contributed by atoms with Gasteiger partial charge in [-0.05, 0) is 26.3 Å². The van der Waals surface area contributed by atoms with Gasteiger partial charge in [0.15, 0.2) is 0 Å². The lowest BCUT2D eigenvalue weighted by molar-refractivity contribution is 0.316. The Labute approximate surface area is 96.8 Å². The van der Waals surface area contributed by atoms with Crippen molar-refractivity contribution in [2.24, 2.45) is 0 Å². The topological polar surface area (TPSA) is 51.0 Å². The molecule has 0 spiro atoms. The Kier molecular flexibility index (Phi) is 3.28. The fourth-order valence-corrected chi connectivity index (χ4v) is 2.49. The van der Waals surface area contributed by atoms with Gasteiger partial charge in [0, 0.05) is 5.41 Å². The molecule has 2 rings (SSSR count). The first-order chi connectivity index (χ1) is 7.69. The van der Waals surface area contributed by atoms with Crippen LogP contribution in [-0.4, -0.2) is 17.2 Å². The van der Waals surface area contributed by atoms with Crippen molar-refractivity contribution in [2.45, 2.75) is 57.4 Å². The third-order valence-corrected chi connectivity index (χ3v) is 3.72. The first-order valence-electron chi connectivity index (χ1n) is 6.21. The Bertz CT molecular complexity index is 338. The zero-order chi connectivity index (χ0) is 11.6. The van der Waals surface area contributed by atoms with Crippen LogP contribution in [-0.2, 0) is 5.41 Å². The van der Waals surface area contributed by atoms with E-state index >= 15 is 0 Å². The van der Waals surface area contributed by atoms with Crippen LogP contribution < -0.4 is 5.32 Å². The van der Waals surface area contributed by atoms with Crippen molar-refractivity contribution in [1.82, 2.24) is 15.5 Å². The molecule has 0 radical (unpaired) electrons. The Morgan fingerprint density at radius 1 is 1.38 bits per heavy atom. The highest BCUT2D eigenvalue weighted by Gasteiger charge is 2.36. The van der Waals surface area contributed by atoms with Crippen molar-refractivity contribution in [1.29, 1.82) is 0 Å². The van der Waals surface area contributed by atoms with Gasteiger partial charge in [-0.2, -0.15) is 0 Å². The van der Waals surface area contributed by atoms with Gasteiger partial charge in [-0.3, -0.25) is 0 Å². The summed E-state index contributed by atoms with van der Waals surface area (Å²) >= 11 is 0. The number of nitrogens with one attached hydrogen (secondary N) is 1. The van der Waals surface area contributed by atoms with Gasteiger partial charge >= 0.3 is 0 Å². The number of nitrogens with zero attached hydrogens (tertiary/aromatic N) is 2. The number of aromatic nitrogens is 2. The summed E-state index contributed by atoms with van der Waals surface area (Å²) in [5.41, 5.74) is 0.122. The van der Waals surface area contributed by atoms with E-state index in [2.05, 4.69) is 29.4 Å². The van der Waals surface area contributed by atoms with E-state index in [4.69, 9.17) is 4.42 Å². The van der Waals surface area contributed by atoms with Crippen LogP contribution in [0.1, 0.15) is 63.8 Å². The zero-order valence-electron chi connectivity index (χ0n) is 10.4. The highest BCUT2D eigenvalue weighted by atomic mass is 16.4. The molecule has 90 valence electrons. The second-order valence-corrected chi connectivity index (χ2v) is 4.96. The van der Waals surface area contributed by atoms with Crippen LogP contribution in [0, 0.1) is 0 Å². The molecule has 1 saturated carbocycles. The van der Waals surface area contributed by atoms with Crippen molar-refractivity contribution in [3.63, 3.8) is 0 Å². The summed E-state index contributed by atoms with van der Waals surface area (Å²) in [6, 6.07) is 0.186. The lowest BCUT2D eigenvalue weighted by Gasteiger charge is -2.17. The molecule has 0 aromatic carbocycles. The van der Waals surface area contributed by atoms with E-state index < -0.39 is 0 Å². The summed E-state index contributed by atoms with van der Waals surface area (Å²) in [4.78, 5) is 0. The van der Waals surface area contributed by atoms with Crippen LogP contribution in [0.3, 0.4) is 0 Å². The minimum Gasteiger partial charge on any atom is -0.423 e. The van der Waals surface area contributed by atoms with Crippen molar-refractivity contribution in [2.75, 3.05) is 7.05 Å². The van der Waals surface area contributed by atoms with Gasteiger partial charge in [-0.25, -0.2) is 0 Å². The molecule has 1 heterocycles. The molecule has 1 unspecified atom stereocenters. The summed E-state index contributed by atoms with van der Waals surface area (Å²) in [6.07, 6.45) is 5.86. The highest BCUT2D eigenvalue weighted by Crippen LogP contribution is 2.40. The molecule has 4 nitrogen and oxygen atoms in total. The lowest BCUT2D eigenvalue weighted by atomic mass is 9.89. The minimum absolute atomic E-state index is 0.122. The van der Waals surface area contributed by atoms with Gasteiger partial charge in [0.25, 0.3) is 0 Å². The molecule has 1 atom stereocenters. The first-order valence-corrected chi connectivity index (χ1v) is 6.21. The molecule has 4 heteroatoms. The molecule has 1 N–H and O–H groups in total. The van der Waals surface area contributed by atoms with Crippen LogP contribution in [0.15, 0.2) is 4.42 Å². The van der Waals surface area contributed by atoms with Crippen LogP contribution in [0.4, 0.5) is 0 Å². The lowest BCUT2D eigenvalue weighted by Crippen LogP contribution is -2.17. The second kappa shape index (κ2) is 4.53. The summed E-state index contributed by atoms with van der Waals surface area (Å²) in [5, 5.41) is 11.6. The standard InChI is InChI=1S/C12H21N3O/c1-4-9(13-3)10-14-15-11(16-10)12(2)7-5-6-8-12/h9,13H,4-8H2,1-3H3. The number of hydrogen-bond donors (Lipinski definition) is 1. The van der Waals surface area contributed by atoms with Crippen LogP contribution >= 0.6 is 0 Å². The smallest absolute Gasteiger partial charge is 0.233 e. The van der Waals surface area contributed by atoms with E-state index in [9.17, 15) is 0 Å². The molecule has 1 aromatic heterocycles. The van der Waals surface area contributed by atoms with Crippen molar-refractivity contribution in [3.05, 3.63) is 11.8 Å². The molecule has 1 aliphatic rings. The van der Waals surface area contributed by atoms with E-state index in [1.165, 1.54) is 25.7 Å². The molecule has 1 fully saturated rings. The molecular weight excluding hydrogens is 202 g/mol. The fraction of sp³-hybridized carbons (Fsp3) is 0.833. The van der Waals surface area contributed by atoms with Crippen molar-refractivity contribution in [3.8, 4) is 0 Å². The maximum atomic E-state index is 5.83. The third-order valence-electron chi connectivity index (χ3n) is 3.72. The number of hydrogen-bond acceptors (Lipinski definition) is 4. The van der Waals surface area contributed by atoms with E-state index in [0.29, 0.717) is 0 Å². The highest BCUT2D eigenvalue weighted by molar-refractivity contribution is 5.05. The van der Waals surface area contributed by atoms with Gasteiger partial charge in [-0.1, -0.05) is 26.7 Å². The third kappa shape index (κ3) is 1.98. The predicted molar refractivity (Wildman–Crippen MR) is 62.2 cm³/mol. The molecule has 0 amide bonds. The number of rotatable bonds is 4. The molecule has 1 aliphatic carbocycles. The summed E-state index contributed by atoms with van der Waals surface area (Å²) in [7, 11) is 1.93. The van der Waals surface area contributed by atoms with Crippen LogP contribution in [0.5, 0.6) is 0 Å². The second-order valence-electron chi connectivity index (χ2n) is 4.96. The first kappa shape index (κ1) is 11.6. The molecule has 1 aromatic rings. The Hall–Kier alpha value is -0.900. The quantitative estimate of drug-likeness (QED) is 0.852. The summed E-state index contributed by atoms with van der Waals surface area (Å²) in [5.74, 6) is 1.56. The normalized spacial score (nSPS) is 21.2. The SMILES string of the molecule is CCC(NC)c1nnc(C2(C)CCCC2)o1. The average Bonchev–Trinajstić information content (AvgIpc) is 2.90. The fourth-order valence-electron chi connectivity index (χ4n) is 2.49. The maximum Gasteiger partial charge on any atom is 0.233 e. The largest absolute Gasteiger partial charge is 0.423 e. The Balaban J connectivity index is 2.18. The predicted octanol–water partition coefficient (Wildman–Crippen LogP) is 2.57. The summed E-state index contributed by atoms with van der Waals surface area (Å²) in [6.45, 7) is 4.35. The van der Waals surface area contributed by atoms with Gasteiger partial charge in [0.05, 0.1) is 6.04 Å². The van der Waals surface area contributed by atoms with E-state index in [1.807, 2.05) is 7.05 Å². The monoisotopic (exact) mass is 223 g/mol. The van der Waals surface area contributed by atoms with Gasteiger partial charge in [0.2, 0.25) is 11.8 Å². The van der Waals surface area contributed by atoms with Crippen LogP contribution in [0.25, 0.3) is 0 Å². The van der Waals surface area contributed by atoms with Crippen molar-refractivity contribution >= 4 is 0 Å². The Morgan fingerprint density at radius 3 is 2.62 bits per heavy atom. The van der Waals surface area contributed by atoms with Gasteiger partial charge in [-0.15, -0.1) is 10.2 Å².